The van der Waals surface area contributed by atoms with E-state index in [1.807, 2.05) is 12.1 Å². The molecule has 0 heterocycles. The van der Waals surface area contributed by atoms with Crippen LogP contribution in [0.15, 0.2) is 24.3 Å². The number of aliphatic hydroxyl groups is 1. The van der Waals surface area contributed by atoms with Gasteiger partial charge in [-0.25, -0.2) is 0 Å². The van der Waals surface area contributed by atoms with Crippen molar-refractivity contribution in [1.29, 1.82) is 0 Å². The first-order valence-corrected chi connectivity index (χ1v) is 8.24. The van der Waals surface area contributed by atoms with Crippen LogP contribution in [0.2, 0.25) is 0 Å². The van der Waals surface area contributed by atoms with E-state index in [0.717, 1.165) is 35.5 Å². The summed E-state index contributed by atoms with van der Waals surface area (Å²) >= 11 is 0.923. The van der Waals surface area contributed by atoms with E-state index < -0.39 is 0 Å². The van der Waals surface area contributed by atoms with Crippen LogP contribution in [-0.2, 0) is 5.75 Å². The largest absolute Gasteiger partial charge is 0.359 e. The van der Waals surface area contributed by atoms with Gasteiger partial charge < -0.3 is 21.9 Å². The molecule has 0 aromatic heterocycles. The van der Waals surface area contributed by atoms with Crippen LogP contribution in [0.3, 0.4) is 0 Å². The first-order valence-electron chi connectivity index (χ1n) is 7.16. The third-order valence-electron chi connectivity index (χ3n) is 3.61. The summed E-state index contributed by atoms with van der Waals surface area (Å²) in [4.78, 5) is 11.7. The number of thiol groups is 1. The van der Waals surface area contributed by atoms with Crippen molar-refractivity contribution in [2.75, 3.05) is 13.1 Å². The van der Waals surface area contributed by atoms with Gasteiger partial charge in [0.05, 0.1) is 5.05 Å². The third-order valence-corrected chi connectivity index (χ3v) is 4.82. The molecule has 0 unspecified atom stereocenters. The Labute approximate surface area is 128 Å². The fourth-order valence-corrected chi connectivity index (χ4v) is 3.25. The highest BCUT2D eigenvalue weighted by Gasteiger charge is 2.28. The van der Waals surface area contributed by atoms with Gasteiger partial charge in [0.1, 0.15) is 0 Å². The number of nitrogens with one attached hydrogen (secondary N) is 1. The zero-order valence-corrected chi connectivity index (χ0v) is 12.9. The molecule has 21 heavy (non-hydrogen) atoms. The molecule has 1 aromatic rings. The van der Waals surface area contributed by atoms with Crippen molar-refractivity contribution in [1.82, 2.24) is 5.32 Å². The molecule has 1 fully saturated rings. The van der Waals surface area contributed by atoms with Crippen LogP contribution in [0.25, 0.3) is 0 Å². The summed E-state index contributed by atoms with van der Waals surface area (Å²) in [6.45, 7) is 0.911. The molecule has 2 rings (SSSR count). The van der Waals surface area contributed by atoms with Crippen LogP contribution in [-0.4, -0.2) is 35.2 Å². The van der Waals surface area contributed by atoms with Crippen LogP contribution in [0.5, 0.6) is 0 Å². The minimum Gasteiger partial charge on any atom is -0.359 e. The average Bonchev–Trinajstić information content (AvgIpc) is 2.47. The molecule has 6 heteroatoms. The molecule has 0 aliphatic heterocycles. The van der Waals surface area contributed by atoms with Gasteiger partial charge in [-0.15, -0.1) is 0 Å². The molecule has 1 amide bonds. The normalized spacial score (nSPS) is 22.1. The lowest BCUT2D eigenvalue weighted by Gasteiger charge is -2.31. The molecule has 1 aliphatic rings. The first-order chi connectivity index (χ1) is 10.1. The molecule has 1 saturated carbocycles. The Kier molecular flexibility index (Phi) is 5.93. The van der Waals surface area contributed by atoms with Gasteiger partial charge in [-0.3, -0.25) is 4.79 Å². The SMILES string of the molecule is NCCNC(=O)c1ccc(C[SH]=C(O)[C@H]2C[C@@H](N)C2)cc1. The minimum atomic E-state index is -0.109. The number of hydrogen-bond acceptors (Lipinski definition) is 3. The van der Waals surface area contributed by atoms with Crippen molar-refractivity contribution in [3.05, 3.63) is 35.4 Å². The second kappa shape index (κ2) is 7.70. The summed E-state index contributed by atoms with van der Waals surface area (Å²) in [5.41, 5.74) is 12.8. The average molecular weight is 309 g/mol. The lowest BCUT2D eigenvalue weighted by Crippen LogP contribution is -2.39. The Morgan fingerprint density at radius 1 is 1.33 bits per heavy atom. The highest BCUT2D eigenvalue weighted by atomic mass is 32.1. The van der Waals surface area contributed by atoms with Crippen molar-refractivity contribution >= 4 is 22.3 Å². The van der Waals surface area contributed by atoms with E-state index >= 15 is 0 Å². The Hall–Kier alpha value is -1.21. The minimum absolute atomic E-state index is 0.109. The van der Waals surface area contributed by atoms with E-state index in [9.17, 15) is 9.90 Å². The van der Waals surface area contributed by atoms with Crippen molar-refractivity contribution in [3.8, 4) is 0 Å². The van der Waals surface area contributed by atoms with Crippen LogP contribution >= 0.6 is 11.4 Å². The third kappa shape index (κ3) is 4.64. The molecular weight excluding hydrogens is 286 g/mol. The van der Waals surface area contributed by atoms with E-state index in [2.05, 4.69) is 5.32 Å². The fraction of sp³-hybridized carbons (Fsp3) is 0.467. The summed E-state index contributed by atoms with van der Waals surface area (Å²) in [5, 5.41) is 13.2. The number of carbonyl (C=O) groups is 1. The van der Waals surface area contributed by atoms with E-state index in [1.165, 1.54) is 0 Å². The van der Waals surface area contributed by atoms with Crippen molar-refractivity contribution in [3.63, 3.8) is 0 Å². The van der Waals surface area contributed by atoms with Crippen LogP contribution in [0.1, 0.15) is 28.8 Å². The monoisotopic (exact) mass is 309 g/mol. The zero-order valence-electron chi connectivity index (χ0n) is 12.0. The second-order valence-electron chi connectivity index (χ2n) is 5.34. The van der Waals surface area contributed by atoms with Gasteiger partial charge in [-0.2, -0.15) is 11.4 Å². The number of nitrogens with two attached hydrogens (primary N) is 2. The highest BCUT2D eigenvalue weighted by Crippen LogP contribution is 2.28. The topological polar surface area (TPSA) is 101 Å². The molecule has 0 bridgehead atoms. The number of amides is 1. The predicted molar refractivity (Wildman–Crippen MR) is 88.9 cm³/mol. The quantitative estimate of drug-likeness (QED) is 0.396. The van der Waals surface area contributed by atoms with Gasteiger partial charge in [-0.05, 0) is 30.5 Å². The summed E-state index contributed by atoms with van der Waals surface area (Å²) < 4.78 is 0. The van der Waals surface area contributed by atoms with Crippen LogP contribution < -0.4 is 16.8 Å². The lowest BCUT2D eigenvalue weighted by molar-refractivity contribution is 0.0955. The van der Waals surface area contributed by atoms with Crippen molar-refractivity contribution < 1.29 is 9.90 Å². The number of carbonyl (C=O) groups excluding carboxylic acids is 1. The van der Waals surface area contributed by atoms with Crippen LogP contribution in [0, 0.1) is 5.92 Å². The second-order valence-corrected chi connectivity index (χ2v) is 6.43. The maximum Gasteiger partial charge on any atom is 0.251 e. The molecule has 1 aliphatic carbocycles. The zero-order chi connectivity index (χ0) is 15.2. The molecule has 0 spiro atoms. The maximum absolute atomic E-state index is 11.7. The van der Waals surface area contributed by atoms with Crippen LogP contribution in [0.4, 0.5) is 0 Å². The van der Waals surface area contributed by atoms with Gasteiger partial charge in [0.25, 0.3) is 5.91 Å². The van der Waals surface area contributed by atoms with Gasteiger partial charge in [-0.1, -0.05) is 12.1 Å². The van der Waals surface area contributed by atoms with E-state index in [0.29, 0.717) is 23.7 Å². The Balaban J connectivity index is 1.87. The van der Waals surface area contributed by atoms with Crippen molar-refractivity contribution in [2.45, 2.75) is 24.6 Å². The van der Waals surface area contributed by atoms with Gasteiger partial charge in [0, 0.05) is 36.4 Å². The highest BCUT2D eigenvalue weighted by molar-refractivity contribution is 7.97. The number of benzene rings is 1. The summed E-state index contributed by atoms with van der Waals surface area (Å²) in [7, 11) is 0. The van der Waals surface area contributed by atoms with Crippen molar-refractivity contribution in [2.24, 2.45) is 17.4 Å². The molecule has 0 atom stereocenters. The first kappa shape index (κ1) is 16.2. The van der Waals surface area contributed by atoms with Gasteiger partial charge in [0.2, 0.25) is 0 Å². The molecule has 5 nitrogen and oxygen atoms in total. The Morgan fingerprint density at radius 2 is 2.00 bits per heavy atom. The Morgan fingerprint density at radius 3 is 2.57 bits per heavy atom. The molecular formula is C15H23N3O2S. The van der Waals surface area contributed by atoms with E-state index in [-0.39, 0.29) is 17.9 Å². The Bertz CT molecular complexity index is 510. The molecule has 1 aromatic carbocycles. The van der Waals surface area contributed by atoms with E-state index in [4.69, 9.17) is 11.5 Å². The van der Waals surface area contributed by atoms with E-state index in [1.54, 1.807) is 12.1 Å². The molecule has 6 N–H and O–H groups in total. The molecule has 0 saturated heterocycles. The summed E-state index contributed by atoms with van der Waals surface area (Å²) in [5.74, 6) is 0.910. The fourth-order valence-electron chi connectivity index (χ4n) is 2.22. The lowest BCUT2D eigenvalue weighted by atomic mass is 9.82. The standard InChI is InChI=1S/C15H23N3O2S/c16-5-6-18-14(19)11-3-1-10(2-4-11)9-21-15(20)12-7-13(17)8-12/h1-4,12-13,20-21H,5-9,16-17H2,(H,18,19)/t12-,13+. The number of hydrogen-bond donors (Lipinski definition) is 5. The maximum atomic E-state index is 11.7. The summed E-state index contributed by atoms with van der Waals surface area (Å²) in [6, 6.07) is 7.69. The number of aliphatic hydroxyl groups excluding tert-OH is 1. The summed E-state index contributed by atoms with van der Waals surface area (Å²) in [6.07, 6.45) is 1.78. The molecule has 116 valence electrons. The smallest absolute Gasteiger partial charge is 0.251 e. The number of rotatable bonds is 6. The van der Waals surface area contributed by atoms with Gasteiger partial charge >= 0.3 is 0 Å². The molecule has 0 radical (unpaired) electrons. The predicted octanol–water partition coefficient (Wildman–Crippen LogP) is 0.766. The van der Waals surface area contributed by atoms with Gasteiger partial charge in [0.15, 0.2) is 0 Å².